The van der Waals surface area contributed by atoms with Crippen LogP contribution in [0.25, 0.3) is 0 Å². The van der Waals surface area contributed by atoms with Crippen molar-refractivity contribution in [1.82, 2.24) is 5.32 Å². The van der Waals surface area contributed by atoms with Crippen LogP contribution in [-0.2, 0) is 0 Å². The summed E-state index contributed by atoms with van der Waals surface area (Å²) in [6.45, 7) is 7.96. The number of aliphatic hydroxyl groups excluding tert-OH is 2. The van der Waals surface area contributed by atoms with Gasteiger partial charge in [0.1, 0.15) is 18.5 Å². The van der Waals surface area contributed by atoms with E-state index < -0.39 is 6.10 Å². The average molecular weight is 295 g/mol. The molecule has 0 radical (unpaired) electrons. The Morgan fingerprint density at radius 1 is 1.19 bits per heavy atom. The molecule has 0 aliphatic heterocycles. The van der Waals surface area contributed by atoms with Crippen LogP contribution in [0.3, 0.4) is 0 Å². The molecule has 0 bridgehead atoms. The number of hydrogen-bond acceptors (Lipinski definition) is 4. The van der Waals surface area contributed by atoms with E-state index in [9.17, 15) is 5.11 Å². The molecule has 0 heterocycles. The zero-order valence-corrected chi connectivity index (χ0v) is 13.4. The van der Waals surface area contributed by atoms with Crippen molar-refractivity contribution in [3.63, 3.8) is 0 Å². The van der Waals surface area contributed by atoms with Gasteiger partial charge in [-0.3, -0.25) is 0 Å². The Morgan fingerprint density at radius 2 is 1.86 bits per heavy atom. The molecule has 3 N–H and O–H groups in total. The van der Waals surface area contributed by atoms with Crippen LogP contribution in [0.2, 0.25) is 0 Å². The number of hydrogen-bond donors (Lipinski definition) is 3. The largest absolute Gasteiger partial charge is 0.490 e. The number of aryl methyl sites for hydroxylation is 2. The Labute approximate surface area is 128 Å². The second-order valence-corrected chi connectivity index (χ2v) is 5.63. The standard InChI is InChI=1S/C17H29NO3/c1-4-15(8-9-19)10-18-11-16(20)12-21-17-13(2)6-5-7-14(17)3/h5-7,15-16,18-20H,4,8-12H2,1-3H3. The fraction of sp³-hybridized carbons (Fsp3) is 0.647. The molecule has 1 aromatic rings. The lowest BCUT2D eigenvalue weighted by Crippen LogP contribution is -2.34. The Balaban J connectivity index is 2.29. The summed E-state index contributed by atoms with van der Waals surface area (Å²) >= 11 is 0. The molecule has 0 saturated carbocycles. The van der Waals surface area contributed by atoms with Gasteiger partial charge in [-0.1, -0.05) is 31.5 Å². The van der Waals surface area contributed by atoms with E-state index in [2.05, 4.69) is 12.2 Å². The number of aliphatic hydroxyl groups is 2. The number of rotatable bonds is 10. The van der Waals surface area contributed by atoms with Gasteiger partial charge < -0.3 is 20.3 Å². The van der Waals surface area contributed by atoms with E-state index in [0.717, 1.165) is 36.3 Å². The van der Waals surface area contributed by atoms with E-state index in [1.54, 1.807) is 0 Å². The first-order chi connectivity index (χ1) is 10.1. The van der Waals surface area contributed by atoms with Crippen molar-refractivity contribution >= 4 is 0 Å². The van der Waals surface area contributed by atoms with Gasteiger partial charge in [-0.05, 0) is 43.9 Å². The normalized spacial score (nSPS) is 14.0. The summed E-state index contributed by atoms with van der Waals surface area (Å²) in [5.74, 6) is 1.32. The fourth-order valence-corrected chi connectivity index (χ4v) is 2.35. The van der Waals surface area contributed by atoms with Crippen molar-refractivity contribution in [1.29, 1.82) is 0 Å². The predicted molar refractivity (Wildman–Crippen MR) is 85.8 cm³/mol. The van der Waals surface area contributed by atoms with Gasteiger partial charge in [-0.2, -0.15) is 0 Å². The van der Waals surface area contributed by atoms with Gasteiger partial charge in [0.25, 0.3) is 0 Å². The lowest BCUT2D eigenvalue weighted by atomic mass is 10.0. The summed E-state index contributed by atoms with van der Waals surface area (Å²) in [7, 11) is 0. The van der Waals surface area contributed by atoms with Crippen LogP contribution >= 0.6 is 0 Å². The quantitative estimate of drug-likeness (QED) is 0.618. The molecule has 1 rings (SSSR count). The molecule has 4 nitrogen and oxygen atoms in total. The second-order valence-electron chi connectivity index (χ2n) is 5.63. The molecule has 2 unspecified atom stereocenters. The fourth-order valence-electron chi connectivity index (χ4n) is 2.35. The van der Waals surface area contributed by atoms with E-state index >= 15 is 0 Å². The minimum absolute atomic E-state index is 0.221. The molecule has 4 heteroatoms. The maximum Gasteiger partial charge on any atom is 0.125 e. The smallest absolute Gasteiger partial charge is 0.125 e. The van der Waals surface area contributed by atoms with Crippen LogP contribution in [0.1, 0.15) is 30.9 Å². The molecule has 0 saturated heterocycles. The van der Waals surface area contributed by atoms with E-state index in [-0.39, 0.29) is 13.2 Å². The summed E-state index contributed by atoms with van der Waals surface area (Å²) in [5, 5.41) is 22.2. The molecule has 0 aliphatic rings. The molecule has 0 fully saturated rings. The van der Waals surface area contributed by atoms with E-state index in [4.69, 9.17) is 9.84 Å². The second kappa shape index (κ2) is 9.77. The van der Waals surface area contributed by atoms with Gasteiger partial charge in [0, 0.05) is 13.2 Å². The first kappa shape index (κ1) is 18.0. The SMILES string of the molecule is CCC(CCO)CNCC(O)COc1c(C)cccc1C. The highest BCUT2D eigenvalue weighted by Gasteiger charge is 2.10. The molecule has 0 spiro atoms. The number of ether oxygens (including phenoxy) is 1. The zero-order valence-electron chi connectivity index (χ0n) is 13.4. The Bertz CT molecular complexity index is 389. The molecule has 21 heavy (non-hydrogen) atoms. The molecular weight excluding hydrogens is 266 g/mol. The summed E-state index contributed by atoms with van der Waals surface area (Å²) in [6, 6.07) is 6.02. The van der Waals surface area contributed by atoms with Crippen molar-refractivity contribution in [3.05, 3.63) is 29.3 Å². The summed E-state index contributed by atoms with van der Waals surface area (Å²) < 4.78 is 5.73. The van der Waals surface area contributed by atoms with Gasteiger partial charge in [0.2, 0.25) is 0 Å². The molecule has 0 amide bonds. The van der Waals surface area contributed by atoms with Crippen molar-refractivity contribution < 1.29 is 14.9 Å². The summed E-state index contributed by atoms with van der Waals surface area (Å²) in [6.07, 6.45) is 1.30. The topological polar surface area (TPSA) is 61.7 Å². The minimum atomic E-state index is -0.532. The van der Waals surface area contributed by atoms with Crippen LogP contribution in [0, 0.1) is 19.8 Å². The zero-order chi connectivity index (χ0) is 15.7. The van der Waals surface area contributed by atoms with Gasteiger partial charge >= 0.3 is 0 Å². The molecule has 0 aliphatic carbocycles. The van der Waals surface area contributed by atoms with Gasteiger partial charge in [-0.25, -0.2) is 0 Å². The highest BCUT2D eigenvalue weighted by atomic mass is 16.5. The monoisotopic (exact) mass is 295 g/mol. The first-order valence-electron chi connectivity index (χ1n) is 7.77. The Hall–Kier alpha value is -1.10. The van der Waals surface area contributed by atoms with Crippen molar-refractivity contribution in [2.75, 3.05) is 26.3 Å². The number of benzene rings is 1. The lowest BCUT2D eigenvalue weighted by Gasteiger charge is -2.18. The highest BCUT2D eigenvalue weighted by molar-refractivity contribution is 5.39. The van der Waals surface area contributed by atoms with Crippen molar-refractivity contribution in [2.24, 2.45) is 5.92 Å². The van der Waals surface area contributed by atoms with Gasteiger partial charge in [0.15, 0.2) is 0 Å². The maximum absolute atomic E-state index is 9.97. The maximum atomic E-state index is 9.97. The van der Waals surface area contributed by atoms with Gasteiger partial charge in [-0.15, -0.1) is 0 Å². The van der Waals surface area contributed by atoms with Gasteiger partial charge in [0.05, 0.1) is 0 Å². The summed E-state index contributed by atoms with van der Waals surface area (Å²) in [4.78, 5) is 0. The van der Waals surface area contributed by atoms with E-state index in [1.165, 1.54) is 0 Å². The third-order valence-electron chi connectivity index (χ3n) is 3.76. The molecular formula is C17H29NO3. The Kier molecular flexibility index (Phi) is 8.35. The molecule has 1 aromatic carbocycles. The average Bonchev–Trinajstić information content (AvgIpc) is 2.45. The minimum Gasteiger partial charge on any atom is -0.490 e. The van der Waals surface area contributed by atoms with Crippen LogP contribution < -0.4 is 10.1 Å². The highest BCUT2D eigenvalue weighted by Crippen LogP contribution is 2.22. The molecule has 120 valence electrons. The van der Waals surface area contributed by atoms with Crippen molar-refractivity contribution in [3.8, 4) is 5.75 Å². The molecule has 0 aromatic heterocycles. The van der Waals surface area contributed by atoms with Crippen LogP contribution in [0.15, 0.2) is 18.2 Å². The van der Waals surface area contributed by atoms with Crippen molar-refractivity contribution in [2.45, 2.75) is 39.7 Å². The Morgan fingerprint density at radius 3 is 2.43 bits per heavy atom. The third kappa shape index (κ3) is 6.46. The predicted octanol–water partition coefficient (Wildman–Crippen LogP) is 2.04. The first-order valence-corrected chi connectivity index (χ1v) is 7.77. The summed E-state index contributed by atoms with van der Waals surface area (Å²) in [5.41, 5.74) is 2.17. The lowest BCUT2D eigenvalue weighted by molar-refractivity contribution is 0.104. The number of para-hydroxylation sites is 1. The van der Waals surface area contributed by atoms with Crippen LogP contribution in [0.4, 0.5) is 0 Å². The van der Waals surface area contributed by atoms with Crippen LogP contribution in [0.5, 0.6) is 5.75 Å². The third-order valence-corrected chi connectivity index (χ3v) is 3.76. The van der Waals surface area contributed by atoms with E-state index in [1.807, 2.05) is 32.0 Å². The van der Waals surface area contributed by atoms with Crippen LogP contribution in [-0.4, -0.2) is 42.6 Å². The number of nitrogens with one attached hydrogen (secondary N) is 1. The molecule has 2 atom stereocenters. The van der Waals surface area contributed by atoms with E-state index in [0.29, 0.717) is 12.5 Å².